The second-order valence-corrected chi connectivity index (χ2v) is 5.51. The second-order valence-electron chi connectivity index (χ2n) is 5.51. The van der Waals surface area contributed by atoms with E-state index in [1.165, 1.54) is 0 Å². The molecule has 2 atom stereocenters. The number of aliphatic hydroxyl groups is 1. The van der Waals surface area contributed by atoms with Crippen LogP contribution in [0.15, 0.2) is 30.7 Å². The van der Waals surface area contributed by atoms with E-state index in [0.717, 1.165) is 24.1 Å². The maximum Gasteiger partial charge on any atom is 0.136 e. The first kappa shape index (κ1) is 10.5. The summed E-state index contributed by atoms with van der Waals surface area (Å²) in [6.45, 7) is 0. The molecule has 0 saturated carbocycles. The summed E-state index contributed by atoms with van der Waals surface area (Å²) in [5, 5.41) is 10.9. The lowest BCUT2D eigenvalue weighted by molar-refractivity contribution is -0.115. The van der Waals surface area contributed by atoms with Gasteiger partial charge in [-0.15, -0.1) is 0 Å². The summed E-state index contributed by atoms with van der Waals surface area (Å²) < 4.78 is 7.77. The van der Waals surface area contributed by atoms with Crippen molar-refractivity contribution in [3.63, 3.8) is 0 Å². The van der Waals surface area contributed by atoms with Crippen molar-refractivity contribution in [2.24, 2.45) is 0 Å². The predicted molar refractivity (Wildman–Crippen MR) is 66.2 cm³/mol. The normalized spacial score (nSPS) is 35.2. The van der Waals surface area contributed by atoms with E-state index in [-0.39, 0.29) is 12.2 Å². The minimum absolute atomic E-state index is 0.229. The van der Waals surface area contributed by atoms with Crippen LogP contribution in [-0.4, -0.2) is 26.7 Å². The number of aromatic nitrogens is 2. The van der Waals surface area contributed by atoms with Crippen molar-refractivity contribution < 1.29 is 9.84 Å². The quantitative estimate of drug-likeness (QED) is 0.833. The third-order valence-electron chi connectivity index (χ3n) is 4.25. The molecule has 2 fully saturated rings. The molecule has 4 rings (SSSR count). The van der Waals surface area contributed by atoms with Crippen LogP contribution in [0.2, 0.25) is 0 Å². The van der Waals surface area contributed by atoms with Gasteiger partial charge in [0.2, 0.25) is 0 Å². The van der Waals surface area contributed by atoms with Gasteiger partial charge in [-0.3, -0.25) is 0 Å². The molecule has 2 saturated heterocycles. The number of hydrogen-bond acceptors (Lipinski definition) is 3. The van der Waals surface area contributed by atoms with E-state index < -0.39 is 5.60 Å². The Morgan fingerprint density at radius 3 is 2.83 bits per heavy atom. The number of ether oxygens (including phenoxy) is 1. The first-order chi connectivity index (χ1) is 8.73. The molecule has 0 radical (unpaired) electrons. The third kappa shape index (κ3) is 1.49. The lowest BCUT2D eigenvalue weighted by Gasteiger charge is -2.36. The van der Waals surface area contributed by atoms with Gasteiger partial charge in [-0.1, -0.05) is 6.07 Å². The Kier molecular flexibility index (Phi) is 2.08. The fraction of sp³-hybridized carbons (Fsp3) is 0.500. The number of pyridine rings is 1. The van der Waals surface area contributed by atoms with E-state index in [0.29, 0.717) is 12.8 Å². The topological polar surface area (TPSA) is 46.8 Å². The smallest absolute Gasteiger partial charge is 0.136 e. The zero-order valence-corrected chi connectivity index (χ0v) is 10.1. The summed E-state index contributed by atoms with van der Waals surface area (Å²) in [4.78, 5) is 4.23. The highest BCUT2D eigenvalue weighted by Gasteiger charge is 2.44. The SMILES string of the molecule is OC1(c2ccc3nccn3c2)CC2CCC(C1)O2. The molecule has 0 spiro atoms. The van der Waals surface area contributed by atoms with Crippen molar-refractivity contribution in [3.05, 3.63) is 36.3 Å². The molecule has 2 bridgehead atoms. The van der Waals surface area contributed by atoms with Crippen LogP contribution in [0.1, 0.15) is 31.2 Å². The summed E-state index contributed by atoms with van der Waals surface area (Å²) in [7, 11) is 0. The highest BCUT2D eigenvalue weighted by molar-refractivity contribution is 5.41. The molecular weight excluding hydrogens is 228 g/mol. The van der Waals surface area contributed by atoms with E-state index in [1.54, 1.807) is 6.20 Å². The first-order valence-corrected chi connectivity index (χ1v) is 6.54. The fourth-order valence-corrected chi connectivity index (χ4v) is 3.35. The second kappa shape index (κ2) is 3.56. The standard InChI is InChI=1S/C14H16N2O2/c17-14(7-11-2-3-12(8-14)18-11)10-1-4-13-15-5-6-16(13)9-10/h1,4-6,9,11-12,17H,2-3,7-8H2. The highest BCUT2D eigenvalue weighted by atomic mass is 16.5. The Hall–Kier alpha value is -1.39. The van der Waals surface area contributed by atoms with Crippen molar-refractivity contribution >= 4 is 5.65 Å². The molecule has 2 aliphatic rings. The van der Waals surface area contributed by atoms with Gasteiger partial charge in [0.1, 0.15) is 5.65 Å². The molecule has 2 aromatic rings. The van der Waals surface area contributed by atoms with E-state index in [2.05, 4.69) is 4.98 Å². The lowest BCUT2D eigenvalue weighted by atomic mass is 9.84. The van der Waals surface area contributed by atoms with Crippen molar-refractivity contribution in [2.75, 3.05) is 0 Å². The molecular formula is C14H16N2O2. The van der Waals surface area contributed by atoms with Crippen LogP contribution in [0.25, 0.3) is 5.65 Å². The number of rotatable bonds is 1. The number of imidazole rings is 1. The molecule has 2 aromatic heterocycles. The Morgan fingerprint density at radius 2 is 2.06 bits per heavy atom. The summed E-state index contributed by atoms with van der Waals surface area (Å²) in [6.07, 6.45) is 9.73. The van der Waals surface area contributed by atoms with Gasteiger partial charge in [0.15, 0.2) is 0 Å². The Balaban J connectivity index is 1.76. The van der Waals surface area contributed by atoms with Gasteiger partial charge in [-0.2, -0.15) is 0 Å². The molecule has 2 unspecified atom stereocenters. The van der Waals surface area contributed by atoms with Gasteiger partial charge >= 0.3 is 0 Å². The molecule has 4 nitrogen and oxygen atoms in total. The largest absolute Gasteiger partial charge is 0.385 e. The number of hydrogen-bond donors (Lipinski definition) is 1. The van der Waals surface area contributed by atoms with E-state index in [4.69, 9.17) is 4.74 Å². The van der Waals surface area contributed by atoms with Crippen LogP contribution in [-0.2, 0) is 10.3 Å². The highest BCUT2D eigenvalue weighted by Crippen LogP contribution is 2.43. The molecule has 4 heteroatoms. The summed E-state index contributed by atoms with van der Waals surface area (Å²) >= 11 is 0. The van der Waals surface area contributed by atoms with Gasteiger partial charge in [0, 0.05) is 37.0 Å². The van der Waals surface area contributed by atoms with Crippen molar-refractivity contribution in [2.45, 2.75) is 43.5 Å². The molecule has 0 aromatic carbocycles. The summed E-state index contributed by atoms with van der Waals surface area (Å²) in [5.74, 6) is 0. The van der Waals surface area contributed by atoms with Crippen molar-refractivity contribution in [3.8, 4) is 0 Å². The zero-order valence-electron chi connectivity index (χ0n) is 10.1. The molecule has 0 amide bonds. The fourth-order valence-electron chi connectivity index (χ4n) is 3.35. The van der Waals surface area contributed by atoms with Gasteiger partial charge in [0.25, 0.3) is 0 Å². The summed E-state index contributed by atoms with van der Waals surface area (Å²) in [5.41, 5.74) is 1.16. The minimum atomic E-state index is -0.734. The molecule has 2 aliphatic heterocycles. The molecule has 94 valence electrons. The minimum Gasteiger partial charge on any atom is -0.385 e. The van der Waals surface area contributed by atoms with E-state index >= 15 is 0 Å². The van der Waals surface area contributed by atoms with Crippen LogP contribution in [0.3, 0.4) is 0 Å². The predicted octanol–water partition coefficient (Wildman–Crippen LogP) is 1.86. The average molecular weight is 244 g/mol. The van der Waals surface area contributed by atoms with Crippen LogP contribution in [0, 0.1) is 0 Å². The van der Waals surface area contributed by atoms with Gasteiger partial charge in [0.05, 0.1) is 17.8 Å². The maximum absolute atomic E-state index is 10.9. The van der Waals surface area contributed by atoms with Gasteiger partial charge < -0.3 is 14.2 Å². The Morgan fingerprint density at radius 1 is 1.28 bits per heavy atom. The molecule has 4 heterocycles. The molecule has 0 aliphatic carbocycles. The van der Waals surface area contributed by atoms with Crippen LogP contribution < -0.4 is 0 Å². The Labute approximate surface area is 105 Å². The van der Waals surface area contributed by atoms with Crippen LogP contribution >= 0.6 is 0 Å². The van der Waals surface area contributed by atoms with E-state index in [9.17, 15) is 5.11 Å². The monoisotopic (exact) mass is 244 g/mol. The van der Waals surface area contributed by atoms with Crippen molar-refractivity contribution in [1.29, 1.82) is 0 Å². The zero-order chi connectivity index (χ0) is 12.2. The maximum atomic E-state index is 10.9. The third-order valence-corrected chi connectivity index (χ3v) is 4.25. The number of nitrogens with zero attached hydrogens (tertiary/aromatic N) is 2. The van der Waals surface area contributed by atoms with Crippen LogP contribution in [0.4, 0.5) is 0 Å². The summed E-state index contributed by atoms with van der Waals surface area (Å²) in [6, 6.07) is 3.96. The average Bonchev–Trinajstić information content (AvgIpc) is 2.95. The van der Waals surface area contributed by atoms with Gasteiger partial charge in [-0.05, 0) is 18.9 Å². The Bertz CT molecular complexity index is 580. The first-order valence-electron chi connectivity index (χ1n) is 6.54. The van der Waals surface area contributed by atoms with Crippen molar-refractivity contribution in [1.82, 2.24) is 9.38 Å². The van der Waals surface area contributed by atoms with Gasteiger partial charge in [-0.25, -0.2) is 4.98 Å². The lowest BCUT2D eigenvalue weighted by Crippen LogP contribution is -2.38. The van der Waals surface area contributed by atoms with Crippen LogP contribution in [0.5, 0.6) is 0 Å². The molecule has 1 N–H and O–H groups in total. The van der Waals surface area contributed by atoms with E-state index in [1.807, 2.05) is 28.9 Å². The molecule has 18 heavy (non-hydrogen) atoms. The number of fused-ring (bicyclic) bond motifs is 3.